The third-order valence-corrected chi connectivity index (χ3v) is 5.75. The number of ether oxygens (including phenoxy) is 2. The van der Waals surface area contributed by atoms with Gasteiger partial charge >= 0.3 is 0 Å². The minimum Gasteiger partial charge on any atom is -0.493 e. The number of aromatic nitrogens is 2. The van der Waals surface area contributed by atoms with Crippen LogP contribution in [0.5, 0.6) is 11.5 Å². The summed E-state index contributed by atoms with van der Waals surface area (Å²) in [6.45, 7) is 1.58. The van der Waals surface area contributed by atoms with Gasteiger partial charge < -0.3 is 19.7 Å². The maximum atomic E-state index is 12.6. The van der Waals surface area contributed by atoms with Crippen LogP contribution in [0.2, 0.25) is 0 Å². The predicted octanol–water partition coefficient (Wildman–Crippen LogP) is 3.16. The van der Waals surface area contributed by atoms with E-state index in [9.17, 15) is 4.79 Å². The molecule has 2 aromatic heterocycles. The molecule has 1 fully saturated rings. The molecule has 1 aliphatic rings. The van der Waals surface area contributed by atoms with E-state index in [0.29, 0.717) is 17.1 Å². The van der Waals surface area contributed by atoms with Gasteiger partial charge in [-0.3, -0.25) is 9.89 Å². The monoisotopic (exact) mass is 398 g/mol. The summed E-state index contributed by atoms with van der Waals surface area (Å²) in [4.78, 5) is 16.0. The lowest BCUT2D eigenvalue weighted by Crippen LogP contribution is -2.37. The van der Waals surface area contributed by atoms with Crippen LogP contribution in [0.4, 0.5) is 5.82 Å². The Hall–Kier alpha value is -3.00. The zero-order valence-electron chi connectivity index (χ0n) is 15.8. The molecule has 1 amide bonds. The van der Waals surface area contributed by atoms with Gasteiger partial charge in [0.05, 0.1) is 24.8 Å². The third kappa shape index (κ3) is 3.68. The van der Waals surface area contributed by atoms with Crippen molar-refractivity contribution in [2.24, 2.45) is 0 Å². The van der Waals surface area contributed by atoms with Crippen molar-refractivity contribution >= 4 is 23.1 Å². The molecule has 1 atom stereocenters. The summed E-state index contributed by atoms with van der Waals surface area (Å²) in [6.07, 6.45) is 0.875. The molecule has 146 valence electrons. The van der Waals surface area contributed by atoms with Crippen LogP contribution in [0.25, 0.3) is 10.6 Å². The summed E-state index contributed by atoms with van der Waals surface area (Å²) in [5.74, 6) is 1.94. The average molecular weight is 398 g/mol. The fraction of sp³-hybridized carbons (Fsp3) is 0.300. The number of anilines is 1. The summed E-state index contributed by atoms with van der Waals surface area (Å²) in [5, 5.41) is 12.7. The highest BCUT2D eigenvalue weighted by molar-refractivity contribution is 7.13. The molecule has 0 aliphatic carbocycles. The maximum Gasteiger partial charge on any atom is 0.251 e. The van der Waals surface area contributed by atoms with Gasteiger partial charge in [0, 0.05) is 30.8 Å². The van der Waals surface area contributed by atoms with E-state index < -0.39 is 0 Å². The Morgan fingerprint density at radius 2 is 2.11 bits per heavy atom. The second-order valence-electron chi connectivity index (χ2n) is 6.59. The molecule has 28 heavy (non-hydrogen) atoms. The van der Waals surface area contributed by atoms with Crippen LogP contribution in [0.3, 0.4) is 0 Å². The zero-order valence-corrected chi connectivity index (χ0v) is 16.6. The topological polar surface area (TPSA) is 79.5 Å². The number of methoxy groups -OCH3 is 2. The molecule has 1 aliphatic heterocycles. The molecule has 0 saturated carbocycles. The summed E-state index contributed by atoms with van der Waals surface area (Å²) < 4.78 is 10.5. The van der Waals surface area contributed by atoms with Gasteiger partial charge in [-0.1, -0.05) is 6.07 Å². The fourth-order valence-corrected chi connectivity index (χ4v) is 4.06. The van der Waals surface area contributed by atoms with Crippen LogP contribution in [-0.4, -0.2) is 49.5 Å². The Bertz CT molecular complexity index is 954. The van der Waals surface area contributed by atoms with E-state index >= 15 is 0 Å². The van der Waals surface area contributed by atoms with Gasteiger partial charge in [-0.05, 0) is 36.1 Å². The van der Waals surface area contributed by atoms with E-state index in [1.54, 1.807) is 43.8 Å². The number of carbonyl (C=O) groups excluding carboxylic acids is 1. The summed E-state index contributed by atoms with van der Waals surface area (Å²) in [6, 6.07) is 11.4. The number of amides is 1. The first-order valence-corrected chi connectivity index (χ1v) is 9.93. The summed E-state index contributed by atoms with van der Waals surface area (Å²) in [7, 11) is 3.13. The van der Waals surface area contributed by atoms with Crippen molar-refractivity contribution in [3.63, 3.8) is 0 Å². The Morgan fingerprint density at radius 1 is 1.25 bits per heavy atom. The van der Waals surface area contributed by atoms with Crippen molar-refractivity contribution in [2.45, 2.75) is 12.5 Å². The number of rotatable bonds is 6. The lowest BCUT2D eigenvalue weighted by molar-refractivity contribution is 0.0940. The standard InChI is InChI=1S/C20H22N4O3S/c1-26-16-6-5-13(10-17(16)27-2)20(25)21-14-7-8-24(12-14)19-11-15(22-23-19)18-4-3-9-28-18/h3-6,9-11,14H,7-8,12H2,1-2H3,(H,21,25)(H,22,23)/t14-/m0/s1. The Balaban J connectivity index is 1.39. The maximum absolute atomic E-state index is 12.6. The highest BCUT2D eigenvalue weighted by Crippen LogP contribution is 2.29. The normalized spacial score (nSPS) is 16.2. The van der Waals surface area contributed by atoms with Crippen LogP contribution < -0.4 is 19.7 Å². The molecule has 7 nitrogen and oxygen atoms in total. The molecule has 1 aromatic carbocycles. The molecule has 0 unspecified atom stereocenters. The van der Waals surface area contributed by atoms with Crippen LogP contribution in [-0.2, 0) is 0 Å². The van der Waals surface area contributed by atoms with E-state index in [2.05, 4.69) is 32.5 Å². The fourth-order valence-electron chi connectivity index (χ4n) is 3.36. The van der Waals surface area contributed by atoms with Gasteiger partial charge in [0.1, 0.15) is 0 Å². The first-order chi connectivity index (χ1) is 13.7. The van der Waals surface area contributed by atoms with Gasteiger partial charge in [0.2, 0.25) is 0 Å². The van der Waals surface area contributed by atoms with Gasteiger partial charge in [0.25, 0.3) is 5.91 Å². The van der Waals surface area contributed by atoms with E-state index in [-0.39, 0.29) is 11.9 Å². The lowest BCUT2D eigenvalue weighted by Gasteiger charge is -2.16. The third-order valence-electron chi connectivity index (χ3n) is 4.84. The van der Waals surface area contributed by atoms with E-state index in [1.807, 2.05) is 11.4 Å². The van der Waals surface area contributed by atoms with Crippen LogP contribution in [0.15, 0.2) is 41.8 Å². The molecular weight excluding hydrogens is 376 g/mol. The number of aromatic amines is 1. The molecule has 0 spiro atoms. The number of benzene rings is 1. The second kappa shape index (κ2) is 7.93. The second-order valence-corrected chi connectivity index (χ2v) is 7.54. The molecule has 4 rings (SSSR count). The molecule has 8 heteroatoms. The first kappa shape index (κ1) is 18.4. The minimum absolute atomic E-state index is 0.0717. The summed E-state index contributed by atoms with van der Waals surface area (Å²) >= 11 is 1.68. The number of nitrogens with zero attached hydrogens (tertiary/aromatic N) is 2. The minimum atomic E-state index is -0.117. The highest BCUT2D eigenvalue weighted by Gasteiger charge is 2.26. The average Bonchev–Trinajstić information content (AvgIpc) is 3.47. The van der Waals surface area contributed by atoms with Crippen molar-refractivity contribution in [1.29, 1.82) is 0 Å². The van der Waals surface area contributed by atoms with Crippen LogP contribution >= 0.6 is 11.3 Å². The Kier molecular flexibility index (Phi) is 5.21. The molecule has 2 N–H and O–H groups in total. The lowest BCUT2D eigenvalue weighted by atomic mass is 10.1. The van der Waals surface area contributed by atoms with Gasteiger partial charge in [-0.25, -0.2) is 0 Å². The smallest absolute Gasteiger partial charge is 0.251 e. The SMILES string of the molecule is COc1ccc(C(=O)N[C@H]2CCN(c3cc(-c4cccs4)[nH]n3)C2)cc1OC. The first-order valence-electron chi connectivity index (χ1n) is 9.05. The van der Waals surface area contributed by atoms with E-state index in [1.165, 1.54) is 0 Å². The predicted molar refractivity (Wildman–Crippen MR) is 110 cm³/mol. The quantitative estimate of drug-likeness (QED) is 0.667. The highest BCUT2D eigenvalue weighted by atomic mass is 32.1. The number of nitrogens with one attached hydrogen (secondary N) is 2. The number of H-pyrrole nitrogens is 1. The van der Waals surface area contributed by atoms with Crippen molar-refractivity contribution in [3.8, 4) is 22.1 Å². The number of thiophene rings is 1. The van der Waals surface area contributed by atoms with Crippen molar-refractivity contribution < 1.29 is 14.3 Å². The molecule has 3 aromatic rings. The van der Waals surface area contributed by atoms with Crippen molar-refractivity contribution in [3.05, 3.63) is 47.3 Å². The number of hydrogen-bond acceptors (Lipinski definition) is 6. The Labute approximate surface area is 167 Å². The summed E-state index contributed by atoms with van der Waals surface area (Å²) in [5.41, 5.74) is 1.57. The molecule has 0 bridgehead atoms. The van der Waals surface area contributed by atoms with Gasteiger partial charge in [0.15, 0.2) is 17.3 Å². The number of carbonyl (C=O) groups is 1. The molecule has 0 radical (unpaired) electrons. The van der Waals surface area contributed by atoms with Crippen molar-refractivity contribution in [1.82, 2.24) is 15.5 Å². The molecule has 3 heterocycles. The largest absolute Gasteiger partial charge is 0.493 e. The van der Waals surface area contributed by atoms with Crippen LogP contribution in [0, 0.1) is 0 Å². The zero-order chi connectivity index (χ0) is 19.5. The van der Waals surface area contributed by atoms with Gasteiger partial charge in [-0.2, -0.15) is 5.10 Å². The molecule has 1 saturated heterocycles. The van der Waals surface area contributed by atoms with E-state index in [4.69, 9.17) is 9.47 Å². The number of hydrogen-bond donors (Lipinski definition) is 2. The molecular formula is C20H22N4O3S. The Morgan fingerprint density at radius 3 is 2.86 bits per heavy atom. The van der Waals surface area contributed by atoms with E-state index in [0.717, 1.165) is 35.9 Å². The van der Waals surface area contributed by atoms with Crippen LogP contribution in [0.1, 0.15) is 16.8 Å². The van der Waals surface area contributed by atoms with Crippen molar-refractivity contribution in [2.75, 3.05) is 32.2 Å². The van der Waals surface area contributed by atoms with Gasteiger partial charge in [-0.15, -0.1) is 11.3 Å².